The summed E-state index contributed by atoms with van der Waals surface area (Å²) in [5.41, 5.74) is 0. The van der Waals surface area contributed by atoms with Crippen molar-refractivity contribution in [1.29, 1.82) is 0 Å². The highest BCUT2D eigenvalue weighted by atomic mass is 14.8. The zero-order valence-electron chi connectivity index (χ0n) is 10.9. The third-order valence-electron chi connectivity index (χ3n) is 3.99. The minimum absolute atomic E-state index is 0.965. The summed E-state index contributed by atoms with van der Waals surface area (Å²) in [5, 5.41) is 3.54. The van der Waals surface area contributed by atoms with Crippen LogP contribution in [0.3, 0.4) is 0 Å². The zero-order valence-corrected chi connectivity index (χ0v) is 10.9. The van der Waals surface area contributed by atoms with E-state index in [4.69, 9.17) is 0 Å². The Morgan fingerprint density at radius 1 is 1.13 bits per heavy atom. The molecule has 0 amide bonds. The third-order valence-corrected chi connectivity index (χ3v) is 3.99. The van der Waals surface area contributed by atoms with E-state index in [1.54, 1.807) is 0 Å². The first kappa shape index (κ1) is 13.0. The topological polar surface area (TPSA) is 12.0 Å². The molecule has 0 aromatic carbocycles. The molecule has 1 N–H and O–H groups in total. The van der Waals surface area contributed by atoms with Crippen molar-refractivity contribution in [3.63, 3.8) is 0 Å². The van der Waals surface area contributed by atoms with E-state index in [1.165, 1.54) is 45.1 Å². The van der Waals surface area contributed by atoms with Gasteiger partial charge < -0.3 is 5.32 Å². The molecule has 3 unspecified atom stereocenters. The second-order valence-electron chi connectivity index (χ2n) is 5.39. The summed E-state index contributed by atoms with van der Waals surface area (Å²) in [7, 11) is 0. The smallest absolute Gasteiger partial charge is 0.00180 e. The van der Waals surface area contributed by atoms with E-state index >= 15 is 0 Å². The van der Waals surface area contributed by atoms with Gasteiger partial charge in [-0.05, 0) is 43.7 Å². The standard InChI is InChI=1S/C14H29N/c1-4-6-7-13-10-12(3)8-9-14(13)11-15-5-2/h12-15H,4-11H2,1-3H3. The molecule has 3 atom stereocenters. The van der Waals surface area contributed by atoms with Crippen LogP contribution in [0, 0.1) is 17.8 Å². The van der Waals surface area contributed by atoms with Crippen LogP contribution in [0.25, 0.3) is 0 Å². The van der Waals surface area contributed by atoms with Crippen molar-refractivity contribution >= 4 is 0 Å². The van der Waals surface area contributed by atoms with Gasteiger partial charge in [-0.25, -0.2) is 0 Å². The van der Waals surface area contributed by atoms with Gasteiger partial charge in [-0.3, -0.25) is 0 Å². The van der Waals surface area contributed by atoms with Gasteiger partial charge in [0.25, 0.3) is 0 Å². The van der Waals surface area contributed by atoms with Crippen LogP contribution in [-0.4, -0.2) is 13.1 Å². The second kappa shape index (κ2) is 7.27. The molecule has 0 bridgehead atoms. The molecular weight excluding hydrogens is 182 g/mol. The van der Waals surface area contributed by atoms with Gasteiger partial charge in [0, 0.05) is 0 Å². The Hall–Kier alpha value is -0.0400. The molecule has 0 spiro atoms. The van der Waals surface area contributed by atoms with E-state index in [0.29, 0.717) is 0 Å². The van der Waals surface area contributed by atoms with Crippen LogP contribution < -0.4 is 5.32 Å². The SMILES string of the molecule is CCCCC1CC(C)CCC1CNCC. The molecule has 1 aliphatic rings. The van der Waals surface area contributed by atoms with Crippen molar-refractivity contribution < 1.29 is 0 Å². The minimum atomic E-state index is 0.965. The predicted molar refractivity (Wildman–Crippen MR) is 68.1 cm³/mol. The van der Waals surface area contributed by atoms with Crippen LogP contribution in [0.5, 0.6) is 0 Å². The van der Waals surface area contributed by atoms with E-state index in [-0.39, 0.29) is 0 Å². The maximum Gasteiger partial charge on any atom is -0.00180 e. The minimum Gasteiger partial charge on any atom is -0.317 e. The lowest BCUT2D eigenvalue weighted by Gasteiger charge is -2.35. The Bertz CT molecular complexity index is 153. The molecule has 0 aromatic rings. The molecule has 1 saturated carbocycles. The fraction of sp³-hybridized carbons (Fsp3) is 1.00. The van der Waals surface area contributed by atoms with E-state index in [9.17, 15) is 0 Å². The quantitative estimate of drug-likeness (QED) is 0.704. The molecule has 15 heavy (non-hydrogen) atoms. The van der Waals surface area contributed by atoms with E-state index in [2.05, 4.69) is 26.1 Å². The summed E-state index contributed by atoms with van der Waals surface area (Å²) in [6.07, 6.45) is 8.66. The summed E-state index contributed by atoms with van der Waals surface area (Å²) in [6, 6.07) is 0. The Kier molecular flexibility index (Phi) is 6.31. The number of rotatable bonds is 6. The highest BCUT2D eigenvalue weighted by Crippen LogP contribution is 2.36. The van der Waals surface area contributed by atoms with Crippen molar-refractivity contribution in [3.05, 3.63) is 0 Å². The van der Waals surface area contributed by atoms with Crippen molar-refractivity contribution in [2.24, 2.45) is 17.8 Å². The maximum absolute atomic E-state index is 3.54. The van der Waals surface area contributed by atoms with Gasteiger partial charge in [-0.2, -0.15) is 0 Å². The monoisotopic (exact) mass is 211 g/mol. The van der Waals surface area contributed by atoms with E-state index in [0.717, 1.165) is 24.3 Å². The molecule has 1 rings (SSSR count). The summed E-state index contributed by atoms with van der Waals surface area (Å²) in [5.74, 6) is 2.95. The van der Waals surface area contributed by atoms with Crippen LogP contribution in [-0.2, 0) is 0 Å². The summed E-state index contributed by atoms with van der Waals surface area (Å²) >= 11 is 0. The molecule has 0 aliphatic heterocycles. The van der Waals surface area contributed by atoms with Crippen LogP contribution in [0.2, 0.25) is 0 Å². The van der Waals surface area contributed by atoms with Crippen molar-refractivity contribution in [3.8, 4) is 0 Å². The molecule has 0 heterocycles. The second-order valence-corrected chi connectivity index (χ2v) is 5.39. The molecular formula is C14H29N. The fourth-order valence-electron chi connectivity index (χ4n) is 2.98. The van der Waals surface area contributed by atoms with Gasteiger partial charge in [-0.1, -0.05) is 46.5 Å². The van der Waals surface area contributed by atoms with Crippen LogP contribution >= 0.6 is 0 Å². The van der Waals surface area contributed by atoms with Crippen molar-refractivity contribution in [1.82, 2.24) is 5.32 Å². The number of nitrogens with one attached hydrogen (secondary N) is 1. The zero-order chi connectivity index (χ0) is 11.1. The molecule has 1 heteroatoms. The Morgan fingerprint density at radius 2 is 1.93 bits per heavy atom. The summed E-state index contributed by atoms with van der Waals surface area (Å²) < 4.78 is 0. The van der Waals surface area contributed by atoms with Crippen molar-refractivity contribution in [2.75, 3.05) is 13.1 Å². The highest BCUT2D eigenvalue weighted by Gasteiger charge is 2.27. The lowest BCUT2D eigenvalue weighted by molar-refractivity contribution is 0.172. The lowest BCUT2D eigenvalue weighted by atomic mass is 9.72. The molecule has 1 aliphatic carbocycles. The molecule has 1 nitrogen and oxygen atoms in total. The van der Waals surface area contributed by atoms with Gasteiger partial charge in [-0.15, -0.1) is 0 Å². The first-order valence-electron chi connectivity index (χ1n) is 6.98. The van der Waals surface area contributed by atoms with Gasteiger partial charge in [0.1, 0.15) is 0 Å². The van der Waals surface area contributed by atoms with Gasteiger partial charge in [0.05, 0.1) is 0 Å². The largest absolute Gasteiger partial charge is 0.317 e. The third kappa shape index (κ3) is 4.55. The van der Waals surface area contributed by atoms with Crippen LogP contribution in [0.1, 0.15) is 59.3 Å². The first-order valence-corrected chi connectivity index (χ1v) is 6.98. The number of hydrogen-bond donors (Lipinski definition) is 1. The van der Waals surface area contributed by atoms with Crippen LogP contribution in [0.15, 0.2) is 0 Å². The number of hydrogen-bond acceptors (Lipinski definition) is 1. The van der Waals surface area contributed by atoms with E-state index < -0.39 is 0 Å². The van der Waals surface area contributed by atoms with E-state index in [1.807, 2.05) is 0 Å². The predicted octanol–water partition coefficient (Wildman–Crippen LogP) is 3.84. The summed E-state index contributed by atoms with van der Waals surface area (Å²) in [6.45, 7) is 9.35. The molecule has 0 radical (unpaired) electrons. The highest BCUT2D eigenvalue weighted by molar-refractivity contribution is 4.79. The average molecular weight is 211 g/mol. The van der Waals surface area contributed by atoms with Gasteiger partial charge >= 0.3 is 0 Å². The normalized spacial score (nSPS) is 31.8. The van der Waals surface area contributed by atoms with Crippen LogP contribution in [0.4, 0.5) is 0 Å². The Labute approximate surface area is 96.0 Å². The molecule has 90 valence electrons. The van der Waals surface area contributed by atoms with Gasteiger partial charge in [0.2, 0.25) is 0 Å². The molecule has 0 saturated heterocycles. The molecule has 0 aromatic heterocycles. The maximum atomic E-state index is 3.54. The molecule has 1 fully saturated rings. The Balaban J connectivity index is 2.35. The van der Waals surface area contributed by atoms with Gasteiger partial charge in [0.15, 0.2) is 0 Å². The Morgan fingerprint density at radius 3 is 2.60 bits per heavy atom. The first-order chi connectivity index (χ1) is 7.27. The number of unbranched alkanes of at least 4 members (excludes halogenated alkanes) is 1. The summed E-state index contributed by atoms with van der Waals surface area (Å²) in [4.78, 5) is 0. The van der Waals surface area contributed by atoms with Crippen molar-refractivity contribution in [2.45, 2.75) is 59.3 Å². The fourth-order valence-corrected chi connectivity index (χ4v) is 2.98. The lowest BCUT2D eigenvalue weighted by Crippen LogP contribution is -2.32. The average Bonchev–Trinajstić information content (AvgIpc) is 2.25.